The van der Waals surface area contributed by atoms with Crippen LogP contribution in [0.5, 0.6) is 0 Å². The number of rotatable bonds is 4. The minimum absolute atomic E-state index is 0.270. The maximum Gasteiger partial charge on any atom is 0.416 e. The summed E-state index contributed by atoms with van der Waals surface area (Å²) >= 11 is 0. The third-order valence-corrected chi connectivity index (χ3v) is 2.45. The molecule has 8 heteroatoms. The summed E-state index contributed by atoms with van der Waals surface area (Å²) in [7, 11) is 0. The second kappa shape index (κ2) is 5.89. The fraction of sp³-hybridized carbons (Fsp3) is 0.333. The first-order valence-electron chi connectivity index (χ1n) is 5.46. The number of nitrogens with one attached hydrogen (secondary N) is 1. The third kappa shape index (κ3) is 4.22. The summed E-state index contributed by atoms with van der Waals surface area (Å²) in [6.45, 7) is 1.05. The highest BCUT2D eigenvalue weighted by Crippen LogP contribution is 2.36. The summed E-state index contributed by atoms with van der Waals surface area (Å²) in [6.07, 6.45) is -5.60. The van der Waals surface area contributed by atoms with Crippen LogP contribution >= 0.6 is 0 Å². The molecule has 0 aromatic heterocycles. The second-order valence-electron chi connectivity index (χ2n) is 4.08. The summed E-state index contributed by atoms with van der Waals surface area (Å²) in [4.78, 5) is 21.7. The number of halogens is 4. The Kier molecular flexibility index (Phi) is 4.69. The number of carboxylic acids is 1. The number of amides is 1. The van der Waals surface area contributed by atoms with Gasteiger partial charge in [-0.15, -0.1) is 0 Å². The van der Waals surface area contributed by atoms with Gasteiger partial charge in [-0.3, -0.25) is 9.59 Å². The molecular weight excluding hydrogens is 282 g/mol. The molecule has 0 bridgehead atoms. The van der Waals surface area contributed by atoms with E-state index in [1.54, 1.807) is 0 Å². The van der Waals surface area contributed by atoms with Gasteiger partial charge in [0.2, 0.25) is 5.91 Å². The van der Waals surface area contributed by atoms with E-state index in [0.717, 1.165) is 19.1 Å². The predicted octanol–water partition coefficient (Wildman–Crippen LogP) is 2.50. The number of carbonyl (C=O) groups is 2. The van der Waals surface area contributed by atoms with Gasteiger partial charge in [-0.2, -0.15) is 13.2 Å². The molecule has 1 atom stereocenters. The van der Waals surface area contributed by atoms with Crippen LogP contribution in [0.4, 0.5) is 17.6 Å². The van der Waals surface area contributed by atoms with Gasteiger partial charge >= 0.3 is 12.1 Å². The van der Waals surface area contributed by atoms with Crippen molar-refractivity contribution >= 4 is 11.9 Å². The van der Waals surface area contributed by atoms with E-state index in [1.165, 1.54) is 0 Å². The topological polar surface area (TPSA) is 66.4 Å². The molecule has 1 aromatic carbocycles. The predicted molar refractivity (Wildman–Crippen MR) is 60.2 cm³/mol. The normalized spacial score (nSPS) is 12.8. The van der Waals surface area contributed by atoms with Crippen molar-refractivity contribution in [3.8, 4) is 0 Å². The fourth-order valence-electron chi connectivity index (χ4n) is 1.74. The van der Waals surface area contributed by atoms with Crippen molar-refractivity contribution in [2.45, 2.75) is 25.6 Å². The van der Waals surface area contributed by atoms with Crippen LogP contribution in [0.2, 0.25) is 0 Å². The smallest absolute Gasteiger partial charge is 0.416 e. The minimum Gasteiger partial charge on any atom is -0.481 e. The van der Waals surface area contributed by atoms with Crippen molar-refractivity contribution in [2.75, 3.05) is 0 Å². The molecule has 0 spiro atoms. The standard InChI is InChI=1S/C12H11F4NO3/c1-6(18)17-10(5-11(19)20)8-3-2-7(13)4-9(8)12(14,15)16/h2-4,10H,5H2,1H3,(H,17,18)(H,19,20)/t10-/m1/s1. The molecule has 0 radical (unpaired) electrons. The Labute approximate surface area is 111 Å². The Morgan fingerprint density at radius 3 is 2.40 bits per heavy atom. The van der Waals surface area contributed by atoms with E-state index in [0.29, 0.717) is 0 Å². The molecule has 20 heavy (non-hydrogen) atoms. The van der Waals surface area contributed by atoms with E-state index in [9.17, 15) is 27.2 Å². The average molecular weight is 293 g/mol. The van der Waals surface area contributed by atoms with Crippen molar-refractivity contribution in [1.82, 2.24) is 5.32 Å². The zero-order valence-corrected chi connectivity index (χ0v) is 10.3. The Morgan fingerprint density at radius 1 is 1.35 bits per heavy atom. The summed E-state index contributed by atoms with van der Waals surface area (Å²) in [5.41, 5.74) is -1.80. The van der Waals surface area contributed by atoms with Crippen LogP contribution in [-0.4, -0.2) is 17.0 Å². The van der Waals surface area contributed by atoms with Crippen LogP contribution in [0.15, 0.2) is 18.2 Å². The maximum absolute atomic E-state index is 13.0. The molecule has 0 saturated carbocycles. The molecule has 0 saturated heterocycles. The highest BCUT2D eigenvalue weighted by atomic mass is 19.4. The van der Waals surface area contributed by atoms with Crippen molar-refractivity contribution in [3.05, 3.63) is 35.1 Å². The van der Waals surface area contributed by atoms with Gasteiger partial charge in [0.25, 0.3) is 0 Å². The summed E-state index contributed by atoms with van der Waals surface area (Å²) in [6, 6.07) is 0.483. The van der Waals surface area contributed by atoms with Gasteiger partial charge < -0.3 is 10.4 Å². The molecular formula is C12H11F4NO3. The van der Waals surface area contributed by atoms with Gasteiger partial charge in [0.05, 0.1) is 18.0 Å². The number of alkyl halides is 3. The number of aliphatic carboxylic acids is 1. The fourth-order valence-corrected chi connectivity index (χ4v) is 1.74. The molecule has 110 valence electrons. The van der Waals surface area contributed by atoms with Crippen LogP contribution < -0.4 is 5.32 Å². The van der Waals surface area contributed by atoms with Crippen LogP contribution in [0.25, 0.3) is 0 Å². The number of benzene rings is 1. The lowest BCUT2D eigenvalue weighted by Gasteiger charge is -2.21. The van der Waals surface area contributed by atoms with Gasteiger partial charge in [0.1, 0.15) is 5.82 Å². The first-order valence-corrected chi connectivity index (χ1v) is 5.46. The number of carboxylic acid groups (broad SMARTS) is 1. The number of hydrogen-bond donors (Lipinski definition) is 2. The van der Waals surface area contributed by atoms with Crippen molar-refractivity contribution in [2.24, 2.45) is 0 Å². The summed E-state index contributed by atoms with van der Waals surface area (Å²) < 4.78 is 51.5. The minimum atomic E-state index is -4.85. The first kappa shape index (κ1) is 15.9. The average Bonchev–Trinajstić information content (AvgIpc) is 2.25. The van der Waals surface area contributed by atoms with E-state index in [4.69, 9.17) is 5.11 Å². The van der Waals surface area contributed by atoms with E-state index >= 15 is 0 Å². The van der Waals surface area contributed by atoms with Crippen LogP contribution in [0.3, 0.4) is 0 Å². The lowest BCUT2D eigenvalue weighted by atomic mass is 9.97. The van der Waals surface area contributed by atoms with E-state index in [-0.39, 0.29) is 6.07 Å². The first-order chi connectivity index (χ1) is 9.11. The van der Waals surface area contributed by atoms with Crippen LogP contribution in [0.1, 0.15) is 30.5 Å². The van der Waals surface area contributed by atoms with E-state index in [2.05, 4.69) is 5.32 Å². The molecule has 0 heterocycles. The van der Waals surface area contributed by atoms with Crippen molar-refractivity contribution < 1.29 is 32.3 Å². The molecule has 0 fully saturated rings. The van der Waals surface area contributed by atoms with E-state index in [1.807, 2.05) is 0 Å². The number of carbonyl (C=O) groups excluding carboxylic acids is 1. The Balaban J connectivity index is 3.31. The Hall–Kier alpha value is -2.12. The highest BCUT2D eigenvalue weighted by Gasteiger charge is 2.36. The molecule has 0 aliphatic rings. The zero-order valence-electron chi connectivity index (χ0n) is 10.3. The monoisotopic (exact) mass is 293 g/mol. The quantitative estimate of drug-likeness (QED) is 0.838. The Morgan fingerprint density at radius 2 is 1.95 bits per heavy atom. The molecule has 0 aliphatic carbocycles. The van der Waals surface area contributed by atoms with Gasteiger partial charge in [-0.25, -0.2) is 4.39 Å². The largest absolute Gasteiger partial charge is 0.481 e. The van der Waals surface area contributed by atoms with Crippen LogP contribution in [0, 0.1) is 5.82 Å². The summed E-state index contributed by atoms with van der Waals surface area (Å²) in [5.74, 6) is -3.17. The molecule has 1 amide bonds. The number of hydrogen-bond acceptors (Lipinski definition) is 2. The lowest BCUT2D eigenvalue weighted by molar-refractivity contribution is -0.141. The van der Waals surface area contributed by atoms with Gasteiger partial charge in [0.15, 0.2) is 0 Å². The molecule has 0 unspecified atom stereocenters. The lowest BCUT2D eigenvalue weighted by Crippen LogP contribution is -2.30. The summed E-state index contributed by atoms with van der Waals surface area (Å²) in [5, 5.41) is 10.8. The molecule has 1 aromatic rings. The zero-order chi connectivity index (χ0) is 15.5. The van der Waals surface area contributed by atoms with Gasteiger partial charge in [0, 0.05) is 6.92 Å². The highest BCUT2D eigenvalue weighted by molar-refractivity contribution is 5.75. The molecule has 1 rings (SSSR count). The maximum atomic E-state index is 13.0. The van der Waals surface area contributed by atoms with Gasteiger partial charge in [-0.05, 0) is 17.7 Å². The second-order valence-corrected chi connectivity index (χ2v) is 4.08. The van der Waals surface area contributed by atoms with Crippen molar-refractivity contribution in [1.29, 1.82) is 0 Å². The van der Waals surface area contributed by atoms with E-state index < -0.39 is 47.5 Å². The van der Waals surface area contributed by atoms with Gasteiger partial charge in [-0.1, -0.05) is 6.07 Å². The SMILES string of the molecule is CC(=O)N[C@H](CC(=O)O)c1ccc(F)cc1C(F)(F)F. The third-order valence-electron chi connectivity index (χ3n) is 2.45. The molecule has 2 N–H and O–H groups in total. The van der Waals surface area contributed by atoms with Crippen LogP contribution in [-0.2, 0) is 15.8 Å². The van der Waals surface area contributed by atoms with Crippen molar-refractivity contribution in [3.63, 3.8) is 0 Å². The Bertz CT molecular complexity index is 512. The molecule has 4 nitrogen and oxygen atoms in total. The molecule has 0 aliphatic heterocycles.